The molecule has 2 heterocycles. The minimum absolute atomic E-state index is 0.00646. The fraction of sp³-hybridized carbons (Fsp3) is 0.467. The van der Waals surface area contributed by atoms with E-state index in [1.54, 1.807) is 4.90 Å². The molecule has 1 amide bonds. The molecule has 2 aromatic carbocycles. The summed E-state index contributed by atoms with van der Waals surface area (Å²) in [6.07, 6.45) is 2.24. The van der Waals surface area contributed by atoms with Crippen molar-refractivity contribution in [2.75, 3.05) is 39.3 Å². The summed E-state index contributed by atoms with van der Waals surface area (Å²) < 4.78 is 17.7. The van der Waals surface area contributed by atoms with Crippen molar-refractivity contribution in [3.63, 3.8) is 0 Å². The van der Waals surface area contributed by atoms with Crippen LogP contribution >= 0.6 is 0 Å². The van der Waals surface area contributed by atoms with Crippen LogP contribution < -0.4 is 4.74 Å². The summed E-state index contributed by atoms with van der Waals surface area (Å²) in [5.74, 6) is 0.0851. The van der Waals surface area contributed by atoms with Crippen LogP contribution in [0.1, 0.15) is 44.7 Å². The van der Waals surface area contributed by atoms with Gasteiger partial charge in [0.15, 0.2) is 0 Å². The highest BCUT2D eigenvalue weighted by atomic mass is 16.6. The maximum absolute atomic E-state index is 12.4. The first kappa shape index (κ1) is 27.5. The van der Waals surface area contributed by atoms with E-state index in [1.807, 2.05) is 75.4 Å². The van der Waals surface area contributed by atoms with Gasteiger partial charge in [-0.05, 0) is 45.2 Å². The number of hydrogen-bond donors (Lipinski definition) is 1. The van der Waals surface area contributed by atoms with Crippen LogP contribution in [0.5, 0.6) is 5.75 Å². The molecule has 2 aromatic rings. The number of aliphatic hydroxyl groups excluding tert-OH is 1. The van der Waals surface area contributed by atoms with Gasteiger partial charge in [-0.2, -0.15) is 0 Å². The molecule has 1 N–H and O–H groups in total. The standard InChI is InChI=1S/C30H38N2O6/c1-29(2,3)38-28(35)32-17-15-31(16-18-32)19-20-36-26-12-8-7-11-25(26)30(22-24(33)21-27(34)37-30)14-13-23-9-5-4-6-10-23/h4-12,21,33H,13-20,22H2,1-3H3/t30-/m0/s1. The Morgan fingerprint density at radius 1 is 1.03 bits per heavy atom. The molecule has 2 aliphatic heterocycles. The number of rotatable bonds is 8. The first-order chi connectivity index (χ1) is 18.1. The minimum atomic E-state index is -1.03. The van der Waals surface area contributed by atoms with E-state index < -0.39 is 17.2 Å². The van der Waals surface area contributed by atoms with E-state index in [2.05, 4.69) is 4.90 Å². The third kappa shape index (κ3) is 7.28. The van der Waals surface area contributed by atoms with E-state index in [0.29, 0.717) is 44.8 Å². The largest absolute Gasteiger partial charge is 0.512 e. The number of amides is 1. The smallest absolute Gasteiger partial charge is 0.410 e. The summed E-state index contributed by atoms with van der Waals surface area (Å²) in [6.45, 7) is 9.43. The van der Waals surface area contributed by atoms with Crippen molar-refractivity contribution in [1.29, 1.82) is 0 Å². The molecule has 8 nitrogen and oxygen atoms in total. The van der Waals surface area contributed by atoms with Crippen molar-refractivity contribution in [1.82, 2.24) is 9.80 Å². The van der Waals surface area contributed by atoms with Crippen molar-refractivity contribution < 1.29 is 28.9 Å². The SMILES string of the molecule is CC(C)(C)OC(=O)N1CCN(CCOc2ccccc2[C@]2(CCc3ccccc3)CC(O)=CC(=O)O2)CC1. The maximum atomic E-state index is 12.4. The van der Waals surface area contributed by atoms with Crippen molar-refractivity contribution in [2.45, 2.75) is 51.2 Å². The third-order valence-electron chi connectivity index (χ3n) is 6.77. The normalized spacial score (nSPS) is 20.4. The molecule has 1 fully saturated rings. The van der Waals surface area contributed by atoms with Crippen LogP contribution in [0.2, 0.25) is 0 Å². The summed E-state index contributed by atoms with van der Waals surface area (Å²) in [6, 6.07) is 17.6. The van der Waals surface area contributed by atoms with Gasteiger partial charge in [0.1, 0.15) is 29.3 Å². The Labute approximate surface area is 224 Å². The highest BCUT2D eigenvalue weighted by Gasteiger charge is 2.42. The lowest BCUT2D eigenvalue weighted by molar-refractivity contribution is -0.159. The lowest BCUT2D eigenvalue weighted by atomic mass is 9.82. The van der Waals surface area contributed by atoms with Crippen LogP contribution in [0.4, 0.5) is 4.79 Å². The fourth-order valence-corrected chi connectivity index (χ4v) is 4.89. The second-order valence-corrected chi connectivity index (χ2v) is 10.9. The van der Waals surface area contributed by atoms with E-state index in [-0.39, 0.29) is 18.3 Å². The van der Waals surface area contributed by atoms with Crippen LogP contribution in [-0.4, -0.2) is 71.9 Å². The third-order valence-corrected chi connectivity index (χ3v) is 6.77. The number of aliphatic hydroxyl groups is 1. The van der Waals surface area contributed by atoms with E-state index >= 15 is 0 Å². The molecular weight excluding hydrogens is 484 g/mol. The molecule has 0 radical (unpaired) electrons. The quantitative estimate of drug-likeness (QED) is 0.497. The second-order valence-electron chi connectivity index (χ2n) is 10.9. The number of cyclic esters (lactones) is 1. The molecule has 0 aliphatic carbocycles. The first-order valence-corrected chi connectivity index (χ1v) is 13.2. The molecule has 38 heavy (non-hydrogen) atoms. The van der Waals surface area contributed by atoms with Crippen molar-refractivity contribution in [3.05, 3.63) is 77.6 Å². The van der Waals surface area contributed by atoms with Crippen molar-refractivity contribution in [2.24, 2.45) is 0 Å². The Balaban J connectivity index is 1.40. The fourth-order valence-electron chi connectivity index (χ4n) is 4.89. The monoisotopic (exact) mass is 522 g/mol. The Hall–Kier alpha value is -3.52. The lowest BCUT2D eigenvalue weighted by Crippen LogP contribution is -2.50. The predicted octanol–water partition coefficient (Wildman–Crippen LogP) is 4.84. The number of aryl methyl sites for hydroxylation is 1. The number of para-hydroxylation sites is 1. The first-order valence-electron chi connectivity index (χ1n) is 13.2. The predicted molar refractivity (Wildman–Crippen MR) is 144 cm³/mol. The second kappa shape index (κ2) is 11.9. The molecule has 2 aliphatic rings. The molecule has 1 saturated heterocycles. The maximum Gasteiger partial charge on any atom is 0.410 e. The van der Waals surface area contributed by atoms with Gasteiger partial charge in [0.25, 0.3) is 0 Å². The van der Waals surface area contributed by atoms with Gasteiger partial charge in [-0.3, -0.25) is 4.90 Å². The molecule has 204 valence electrons. The lowest BCUT2D eigenvalue weighted by Gasteiger charge is -2.37. The zero-order chi connectivity index (χ0) is 27.2. The summed E-state index contributed by atoms with van der Waals surface area (Å²) in [5, 5.41) is 10.4. The summed E-state index contributed by atoms with van der Waals surface area (Å²) in [5.41, 5.74) is 0.341. The number of benzene rings is 2. The number of piperazine rings is 1. The van der Waals surface area contributed by atoms with Gasteiger partial charge in [0, 0.05) is 44.7 Å². The highest BCUT2D eigenvalue weighted by molar-refractivity contribution is 5.84. The van der Waals surface area contributed by atoms with Gasteiger partial charge in [-0.15, -0.1) is 0 Å². The van der Waals surface area contributed by atoms with Gasteiger partial charge < -0.3 is 24.2 Å². The topological polar surface area (TPSA) is 88.5 Å². The summed E-state index contributed by atoms with van der Waals surface area (Å²) in [4.78, 5) is 28.7. The molecule has 4 rings (SSSR count). The number of carbonyl (C=O) groups excluding carboxylic acids is 2. The number of nitrogens with zero attached hydrogens (tertiary/aromatic N) is 2. The van der Waals surface area contributed by atoms with Gasteiger partial charge in [-0.1, -0.05) is 48.5 Å². The van der Waals surface area contributed by atoms with E-state index in [0.717, 1.165) is 30.3 Å². The van der Waals surface area contributed by atoms with Crippen LogP contribution in [0, 0.1) is 0 Å². The van der Waals surface area contributed by atoms with Crippen LogP contribution in [0.25, 0.3) is 0 Å². The zero-order valence-corrected chi connectivity index (χ0v) is 22.5. The molecule has 0 unspecified atom stereocenters. The van der Waals surface area contributed by atoms with Crippen molar-refractivity contribution in [3.8, 4) is 5.75 Å². The average molecular weight is 523 g/mol. The molecule has 0 saturated carbocycles. The summed E-state index contributed by atoms with van der Waals surface area (Å²) >= 11 is 0. The highest BCUT2D eigenvalue weighted by Crippen LogP contribution is 2.43. The van der Waals surface area contributed by atoms with E-state index in [9.17, 15) is 14.7 Å². The number of esters is 1. The average Bonchev–Trinajstić information content (AvgIpc) is 2.87. The van der Waals surface area contributed by atoms with Gasteiger partial charge in [0.05, 0.1) is 6.08 Å². The Bertz CT molecular complexity index is 1130. The number of ether oxygens (including phenoxy) is 3. The van der Waals surface area contributed by atoms with E-state index in [1.165, 1.54) is 0 Å². The van der Waals surface area contributed by atoms with Crippen LogP contribution in [0.3, 0.4) is 0 Å². The molecule has 0 aromatic heterocycles. The van der Waals surface area contributed by atoms with Gasteiger partial charge in [-0.25, -0.2) is 9.59 Å². The Morgan fingerprint density at radius 3 is 2.39 bits per heavy atom. The molecule has 0 spiro atoms. The summed E-state index contributed by atoms with van der Waals surface area (Å²) in [7, 11) is 0. The number of carbonyl (C=O) groups is 2. The number of hydrogen-bond acceptors (Lipinski definition) is 7. The molecule has 8 heteroatoms. The van der Waals surface area contributed by atoms with Crippen molar-refractivity contribution >= 4 is 12.1 Å². The zero-order valence-electron chi connectivity index (χ0n) is 22.5. The van der Waals surface area contributed by atoms with Crippen LogP contribution in [0.15, 0.2) is 66.4 Å². The van der Waals surface area contributed by atoms with Crippen LogP contribution in [-0.2, 0) is 26.3 Å². The van der Waals surface area contributed by atoms with Gasteiger partial charge in [0.2, 0.25) is 0 Å². The Kier molecular flexibility index (Phi) is 8.62. The molecular formula is C30H38N2O6. The van der Waals surface area contributed by atoms with E-state index in [4.69, 9.17) is 14.2 Å². The molecule has 0 bridgehead atoms. The minimum Gasteiger partial charge on any atom is -0.512 e. The molecule has 1 atom stereocenters. The Morgan fingerprint density at radius 2 is 1.71 bits per heavy atom. The van der Waals surface area contributed by atoms with Gasteiger partial charge >= 0.3 is 12.1 Å².